The molecule has 0 radical (unpaired) electrons. The summed E-state index contributed by atoms with van der Waals surface area (Å²) in [6, 6.07) is 9.26. The molecule has 3 rings (SSSR count). The number of carbonyl (C=O) groups excluding carboxylic acids is 2. The van der Waals surface area contributed by atoms with Crippen LogP contribution in [0.1, 0.15) is 45.4 Å². The molecule has 8 heteroatoms. The molecular formula is C25H34N2O6. The highest BCUT2D eigenvalue weighted by molar-refractivity contribution is 5.87. The van der Waals surface area contributed by atoms with Crippen molar-refractivity contribution >= 4 is 11.8 Å². The Morgan fingerprint density at radius 2 is 1.85 bits per heavy atom. The van der Waals surface area contributed by atoms with E-state index in [4.69, 9.17) is 18.6 Å². The Hall–Kier alpha value is -3.00. The normalized spacial score (nSPS) is 12.6. The van der Waals surface area contributed by atoms with Crippen molar-refractivity contribution in [2.45, 2.75) is 47.2 Å². The zero-order valence-electron chi connectivity index (χ0n) is 20.0. The van der Waals surface area contributed by atoms with Crippen molar-refractivity contribution in [1.82, 2.24) is 9.80 Å². The van der Waals surface area contributed by atoms with Crippen LogP contribution in [0.15, 0.2) is 41.0 Å². The van der Waals surface area contributed by atoms with Gasteiger partial charge in [0.15, 0.2) is 11.5 Å². The van der Waals surface area contributed by atoms with Crippen molar-refractivity contribution in [3.63, 3.8) is 0 Å². The van der Waals surface area contributed by atoms with Gasteiger partial charge in [-0.3, -0.25) is 9.59 Å². The van der Waals surface area contributed by atoms with E-state index in [1.54, 1.807) is 22.1 Å². The molecule has 0 bridgehead atoms. The fourth-order valence-corrected chi connectivity index (χ4v) is 3.57. The first-order chi connectivity index (χ1) is 15.8. The second kappa shape index (κ2) is 11.2. The zero-order chi connectivity index (χ0) is 23.8. The van der Waals surface area contributed by atoms with E-state index in [0.29, 0.717) is 56.5 Å². The molecule has 180 valence electrons. The minimum atomic E-state index is -0.588. The van der Waals surface area contributed by atoms with Gasteiger partial charge in [-0.05, 0) is 43.2 Å². The minimum absolute atomic E-state index is 0.00646. The number of hydrogen-bond acceptors (Lipinski definition) is 6. The molecule has 0 saturated carbocycles. The highest BCUT2D eigenvalue weighted by Crippen LogP contribution is 2.33. The number of amides is 2. The predicted octanol–water partition coefficient (Wildman–Crippen LogP) is 3.84. The number of rotatable bonds is 11. The lowest BCUT2D eigenvalue weighted by molar-refractivity contribution is -0.146. The van der Waals surface area contributed by atoms with Gasteiger partial charge in [-0.2, -0.15) is 0 Å². The van der Waals surface area contributed by atoms with E-state index < -0.39 is 5.41 Å². The number of nitrogens with zero attached hydrogens (tertiary/aromatic N) is 2. The molecule has 2 amide bonds. The van der Waals surface area contributed by atoms with E-state index >= 15 is 0 Å². The molecule has 0 atom stereocenters. The average Bonchev–Trinajstić information content (AvgIpc) is 3.45. The summed E-state index contributed by atoms with van der Waals surface area (Å²) in [6.07, 6.45) is 2.25. The van der Waals surface area contributed by atoms with E-state index in [2.05, 4.69) is 0 Å². The summed E-state index contributed by atoms with van der Waals surface area (Å²) in [6.45, 7) is 10.00. The van der Waals surface area contributed by atoms with E-state index in [9.17, 15) is 9.59 Å². The van der Waals surface area contributed by atoms with Crippen LogP contribution in [0.4, 0.5) is 0 Å². The Labute approximate surface area is 195 Å². The minimum Gasteiger partial charge on any atom is -0.467 e. The Bertz CT molecular complexity index is 919. The lowest BCUT2D eigenvalue weighted by Crippen LogP contribution is -2.46. The molecule has 2 aromatic rings. The Balaban J connectivity index is 1.75. The number of carbonyl (C=O) groups is 2. The highest BCUT2D eigenvalue weighted by Gasteiger charge is 2.30. The molecule has 0 saturated heterocycles. The molecule has 1 aromatic heterocycles. The second-order valence-corrected chi connectivity index (χ2v) is 9.04. The van der Waals surface area contributed by atoms with Crippen molar-refractivity contribution in [3.8, 4) is 11.5 Å². The van der Waals surface area contributed by atoms with Crippen LogP contribution in [0.2, 0.25) is 0 Å². The number of ether oxygens (including phenoxy) is 3. The van der Waals surface area contributed by atoms with Gasteiger partial charge in [0.2, 0.25) is 18.6 Å². The standard InChI is InChI=1S/C25H34N2O6/c1-5-30-12-7-11-26(24(29)25(2,3)4)17-23(28)27(16-20-8-6-13-31-20)15-19-9-10-21-22(14-19)33-18-32-21/h6,8-10,13-14H,5,7,11-12,15-18H2,1-4H3. The molecule has 0 N–H and O–H groups in total. The van der Waals surface area contributed by atoms with Gasteiger partial charge in [0.25, 0.3) is 0 Å². The summed E-state index contributed by atoms with van der Waals surface area (Å²) < 4.78 is 21.8. The largest absolute Gasteiger partial charge is 0.467 e. The van der Waals surface area contributed by atoms with E-state index in [0.717, 1.165) is 5.56 Å². The summed E-state index contributed by atoms with van der Waals surface area (Å²) in [5.74, 6) is 1.82. The molecule has 8 nitrogen and oxygen atoms in total. The van der Waals surface area contributed by atoms with Crippen LogP contribution in [0.3, 0.4) is 0 Å². The fourth-order valence-electron chi connectivity index (χ4n) is 3.57. The van der Waals surface area contributed by atoms with Crippen LogP contribution >= 0.6 is 0 Å². The van der Waals surface area contributed by atoms with Gasteiger partial charge in [0.1, 0.15) is 5.76 Å². The third-order valence-corrected chi connectivity index (χ3v) is 5.27. The van der Waals surface area contributed by atoms with Gasteiger partial charge in [0, 0.05) is 31.7 Å². The zero-order valence-corrected chi connectivity index (χ0v) is 20.0. The van der Waals surface area contributed by atoms with Crippen LogP contribution in [0.5, 0.6) is 11.5 Å². The number of hydrogen-bond donors (Lipinski definition) is 0. The summed E-state index contributed by atoms with van der Waals surface area (Å²) in [5, 5.41) is 0. The van der Waals surface area contributed by atoms with Gasteiger partial charge in [-0.1, -0.05) is 26.8 Å². The first-order valence-electron chi connectivity index (χ1n) is 11.3. The molecule has 0 unspecified atom stereocenters. The summed E-state index contributed by atoms with van der Waals surface area (Å²) in [4.78, 5) is 29.8. The van der Waals surface area contributed by atoms with Crippen molar-refractivity contribution < 1.29 is 28.2 Å². The molecular weight excluding hydrogens is 424 g/mol. The quantitative estimate of drug-likeness (QED) is 0.476. The second-order valence-electron chi connectivity index (χ2n) is 9.04. The number of benzene rings is 1. The van der Waals surface area contributed by atoms with E-state index in [-0.39, 0.29) is 25.2 Å². The third kappa shape index (κ3) is 6.99. The van der Waals surface area contributed by atoms with Gasteiger partial charge in [0.05, 0.1) is 19.4 Å². The first-order valence-corrected chi connectivity index (χ1v) is 11.3. The van der Waals surface area contributed by atoms with Crippen LogP contribution in [0, 0.1) is 5.41 Å². The lowest BCUT2D eigenvalue weighted by atomic mass is 9.94. The van der Waals surface area contributed by atoms with Gasteiger partial charge in [-0.25, -0.2) is 0 Å². The third-order valence-electron chi connectivity index (χ3n) is 5.27. The van der Waals surface area contributed by atoms with Crippen LogP contribution < -0.4 is 9.47 Å². The topological polar surface area (TPSA) is 81.5 Å². The van der Waals surface area contributed by atoms with Crippen LogP contribution in [-0.4, -0.2) is 54.7 Å². The molecule has 0 fully saturated rings. The van der Waals surface area contributed by atoms with Crippen molar-refractivity contribution in [1.29, 1.82) is 0 Å². The molecule has 33 heavy (non-hydrogen) atoms. The Morgan fingerprint density at radius 1 is 1.06 bits per heavy atom. The predicted molar refractivity (Wildman–Crippen MR) is 123 cm³/mol. The summed E-state index contributed by atoms with van der Waals surface area (Å²) in [5.41, 5.74) is 0.318. The maximum Gasteiger partial charge on any atom is 0.242 e. The maximum absolute atomic E-state index is 13.4. The first kappa shape index (κ1) is 24.6. The smallest absolute Gasteiger partial charge is 0.242 e. The monoisotopic (exact) mass is 458 g/mol. The Morgan fingerprint density at radius 3 is 2.55 bits per heavy atom. The van der Waals surface area contributed by atoms with Crippen molar-refractivity contribution in [3.05, 3.63) is 47.9 Å². The van der Waals surface area contributed by atoms with E-state index in [1.807, 2.05) is 52.0 Å². The number of furan rings is 1. The SMILES string of the molecule is CCOCCCN(CC(=O)N(Cc1ccc2c(c1)OCO2)Cc1ccco1)C(=O)C(C)(C)C. The lowest BCUT2D eigenvalue weighted by Gasteiger charge is -2.31. The molecule has 1 aliphatic heterocycles. The van der Waals surface area contributed by atoms with E-state index in [1.165, 1.54) is 0 Å². The van der Waals surface area contributed by atoms with Crippen LogP contribution in [-0.2, 0) is 27.4 Å². The summed E-state index contributed by atoms with van der Waals surface area (Å²) in [7, 11) is 0. The number of fused-ring (bicyclic) bond motifs is 1. The summed E-state index contributed by atoms with van der Waals surface area (Å²) >= 11 is 0. The van der Waals surface area contributed by atoms with Gasteiger partial charge >= 0.3 is 0 Å². The average molecular weight is 459 g/mol. The highest BCUT2D eigenvalue weighted by atomic mass is 16.7. The van der Waals surface area contributed by atoms with Crippen molar-refractivity contribution in [2.24, 2.45) is 5.41 Å². The van der Waals surface area contributed by atoms with Gasteiger partial charge in [-0.15, -0.1) is 0 Å². The molecule has 1 aliphatic rings. The Kier molecular flexibility index (Phi) is 8.38. The molecule has 0 spiro atoms. The molecule has 0 aliphatic carbocycles. The van der Waals surface area contributed by atoms with Crippen molar-refractivity contribution in [2.75, 3.05) is 33.1 Å². The fraction of sp³-hybridized carbons (Fsp3) is 0.520. The van der Waals surface area contributed by atoms with Crippen LogP contribution in [0.25, 0.3) is 0 Å². The molecule has 1 aromatic carbocycles. The van der Waals surface area contributed by atoms with Gasteiger partial charge < -0.3 is 28.4 Å². The molecule has 2 heterocycles. The maximum atomic E-state index is 13.4.